The summed E-state index contributed by atoms with van der Waals surface area (Å²) in [5.41, 5.74) is 1.21. The second kappa shape index (κ2) is 8.42. The lowest BCUT2D eigenvalue weighted by atomic mass is 9.78. The zero-order chi connectivity index (χ0) is 16.8. The highest BCUT2D eigenvalue weighted by Crippen LogP contribution is 2.32. The van der Waals surface area contributed by atoms with Crippen LogP contribution >= 0.6 is 0 Å². The molecule has 1 rings (SSSR count). The second-order valence-electron chi connectivity index (χ2n) is 6.88. The van der Waals surface area contributed by atoms with Gasteiger partial charge < -0.3 is 9.90 Å². The number of hydrogen-bond donors (Lipinski definition) is 1. The monoisotopic (exact) mass is 306 g/mol. The summed E-state index contributed by atoms with van der Waals surface area (Å²) in [6.45, 7) is 7.67. The highest BCUT2D eigenvalue weighted by Gasteiger charge is 2.34. The van der Waals surface area contributed by atoms with Crippen LogP contribution in [0.25, 0.3) is 0 Å². The molecule has 1 N–H and O–H groups in total. The van der Waals surface area contributed by atoms with Gasteiger partial charge in [-0.2, -0.15) is 0 Å². The van der Waals surface area contributed by atoms with Crippen molar-refractivity contribution in [1.29, 1.82) is 0 Å². The topological polar surface area (TPSA) is 54.4 Å². The van der Waals surface area contributed by atoms with Crippen LogP contribution in [0.2, 0.25) is 0 Å². The molecule has 0 saturated heterocycles. The van der Waals surface area contributed by atoms with Crippen molar-refractivity contribution in [2.24, 2.45) is 5.92 Å². The third-order valence-electron chi connectivity index (χ3n) is 4.54. The molecule has 1 aliphatic rings. The third-order valence-corrected chi connectivity index (χ3v) is 4.54. The van der Waals surface area contributed by atoms with Gasteiger partial charge in [-0.1, -0.05) is 25.5 Å². The van der Waals surface area contributed by atoms with Crippen molar-refractivity contribution >= 4 is 11.6 Å². The molecule has 0 bridgehead atoms. The Morgan fingerprint density at radius 3 is 2.64 bits per heavy atom. The Bertz CT molecular complexity index is 471. The van der Waals surface area contributed by atoms with E-state index in [1.807, 2.05) is 13.8 Å². The molecule has 0 radical (unpaired) electrons. The predicted molar refractivity (Wildman–Crippen MR) is 89.6 cm³/mol. The molecule has 3 heteroatoms. The van der Waals surface area contributed by atoms with E-state index in [1.165, 1.54) is 5.57 Å². The Morgan fingerprint density at radius 1 is 1.36 bits per heavy atom. The molecule has 0 heterocycles. The summed E-state index contributed by atoms with van der Waals surface area (Å²) in [5, 5.41) is 10.5. The van der Waals surface area contributed by atoms with E-state index in [0.29, 0.717) is 25.7 Å². The van der Waals surface area contributed by atoms with Gasteiger partial charge in [-0.3, -0.25) is 4.79 Å². The number of hydrogen-bond acceptors (Lipinski definition) is 3. The van der Waals surface area contributed by atoms with Crippen molar-refractivity contribution in [3.8, 4) is 0 Å². The summed E-state index contributed by atoms with van der Waals surface area (Å²) in [5.74, 6) is 0.533. The van der Waals surface area contributed by atoms with E-state index >= 15 is 0 Å². The normalized spacial score (nSPS) is 22.9. The van der Waals surface area contributed by atoms with Crippen LogP contribution < -0.4 is 0 Å². The Hall–Kier alpha value is -1.22. The van der Waals surface area contributed by atoms with Crippen LogP contribution in [-0.2, 0) is 9.59 Å². The largest absolute Gasteiger partial charge is 0.385 e. The lowest BCUT2D eigenvalue weighted by molar-refractivity contribution is -0.118. The number of allylic oxidation sites excluding steroid dienone is 3. The Balaban J connectivity index is 2.53. The van der Waals surface area contributed by atoms with Crippen molar-refractivity contribution in [3.63, 3.8) is 0 Å². The lowest BCUT2D eigenvalue weighted by Gasteiger charge is -2.33. The summed E-state index contributed by atoms with van der Waals surface area (Å²) >= 11 is 0. The van der Waals surface area contributed by atoms with Crippen LogP contribution in [0, 0.1) is 5.92 Å². The van der Waals surface area contributed by atoms with E-state index < -0.39 is 5.60 Å². The van der Waals surface area contributed by atoms with Crippen LogP contribution in [0.4, 0.5) is 0 Å². The molecule has 0 amide bonds. The van der Waals surface area contributed by atoms with Crippen molar-refractivity contribution in [2.45, 2.75) is 78.2 Å². The van der Waals surface area contributed by atoms with Gasteiger partial charge in [0.1, 0.15) is 5.78 Å². The number of rotatable bonds is 8. The van der Waals surface area contributed by atoms with Gasteiger partial charge in [0.25, 0.3) is 0 Å². The molecule has 0 aromatic heterocycles. The first-order valence-electron chi connectivity index (χ1n) is 8.37. The molecular formula is C19H30O3. The first-order chi connectivity index (χ1) is 10.2. The first-order valence-corrected chi connectivity index (χ1v) is 8.37. The second-order valence-corrected chi connectivity index (χ2v) is 6.88. The Kier molecular flexibility index (Phi) is 7.21. The smallest absolute Gasteiger partial charge is 0.158 e. The van der Waals surface area contributed by atoms with Crippen molar-refractivity contribution in [1.82, 2.24) is 0 Å². The van der Waals surface area contributed by atoms with Gasteiger partial charge in [-0.15, -0.1) is 0 Å². The van der Waals surface area contributed by atoms with E-state index in [2.05, 4.69) is 13.0 Å². The SMILES string of the molecule is CC(=O)CCCC(C)=CCCC1=CC(O)(C(C)C)CCC1=O. The Morgan fingerprint density at radius 2 is 2.05 bits per heavy atom. The van der Waals surface area contributed by atoms with E-state index in [1.54, 1.807) is 13.0 Å². The molecule has 0 spiro atoms. The maximum atomic E-state index is 12.0. The van der Waals surface area contributed by atoms with E-state index in [-0.39, 0.29) is 17.5 Å². The van der Waals surface area contributed by atoms with E-state index in [9.17, 15) is 14.7 Å². The van der Waals surface area contributed by atoms with Crippen molar-refractivity contribution < 1.29 is 14.7 Å². The average molecular weight is 306 g/mol. The van der Waals surface area contributed by atoms with E-state index in [4.69, 9.17) is 0 Å². The zero-order valence-electron chi connectivity index (χ0n) is 14.4. The summed E-state index contributed by atoms with van der Waals surface area (Å²) in [4.78, 5) is 22.9. The molecule has 0 aromatic carbocycles. The fourth-order valence-corrected chi connectivity index (χ4v) is 2.79. The minimum atomic E-state index is -0.830. The van der Waals surface area contributed by atoms with Gasteiger partial charge in [0.2, 0.25) is 0 Å². The number of Topliss-reactive ketones (excluding diaryl/α,β-unsaturated/α-hetero) is 2. The summed E-state index contributed by atoms with van der Waals surface area (Å²) in [6, 6.07) is 0. The molecule has 0 fully saturated rings. The van der Waals surface area contributed by atoms with Gasteiger partial charge in [0, 0.05) is 12.8 Å². The van der Waals surface area contributed by atoms with Gasteiger partial charge in [-0.05, 0) is 63.5 Å². The molecule has 0 aliphatic heterocycles. The Labute approximate surface area is 134 Å². The van der Waals surface area contributed by atoms with Gasteiger partial charge in [0.05, 0.1) is 5.60 Å². The highest BCUT2D eigenvalue weighted by molar-refractivity contribution is 5.96. The van der Waals surface area contributed by atoms with Crippen LogP contribution in [0.15, 0.2) is 23.3 Å². The molecule has 0 aromatic rings. The number of aliphatic hydroxyl groups is 1. The molecular weight excluding hydrogens is 276 g/mol. The summed E-state index contributed by atoms with van der Waals surface area (Å²) in [7, 11) is 0. The fourth-order valence-electron chi connectivity index (χ4n) is 2.79. The van der Waals surface area contributed by atoms with Crippen LogP contribution in [-0.4, -0.2) is 22.3 Å². The van der Waals surface area contributed by atoms with Crippen LogP contribution in [0.3, 0.4) is 0 Å². The van der Waals surface area contributed by atoms with Gasteiger partial charge in [-0.25, -0.2) is 0 Å². The molecule has 3 nitrogen and oxygen atoms in total. The van der Waals surface area contributed by atoms with Crippen molar-refractivity contribution in [2.75, 3.05) is 0 Å². The predicted octanol–water partition coefficient (Wildman–Crippen LogP) is 4.15. The third kappa shape index (κ3) is 5.88. The average Bonchev–Trinajstić information content (AvgIpc) is 2.42. The number of ketones is 2. The zero-order valence-corrected chi connectivity index (χ0v) is 14.4. The molecule has 1 aliphatic carbocycles. The quantitative estimate of drug-likeness (QED) is 0.685. The standard InChI is InChI=1S/C19H30O3/c1-14(2)19(22)12-11-18(21)17(13-19)10-6-8-15(3)7-5-9-16(4)20/h8,13-14,22H,5-7,9-12H2,1-4H3. The minimum absolute atomic E-state index is 0.124. The highest BCUT2D eigenvalue weighted by atomic mass is 16.3. The summed E-state index contributed by atoms with van der Waals surface area (Å²) in [6.07, 6.45) is 8.90. The molecule has 124 valence electrons. The van der Waals surface area contributed by atoms with Gasteiger partial charge in [0.15, 0.2) is 5.78 Å². The molecule has 1 atom stereocenters. The van der Waals surface area contributed by atoms with E-state index in [0.717, 1.165) is 24.8 Å². The van der Waals surface area contributed by atoms with Crippen LogP contribution in [0.1, 0.15) is 72.6 Å². The van der Waals surface area contributed by atoms with Gasteiger partial charge >= 0.3 is 0 Å². The minimum Gasteiger partial charge on any atom is -0.385 e. The fraction of sp³-hybridized carbons (Fsp3) is 0.684. The van der Waals surface area contributed by atoms with Crippen molar-refractivity contribution in [3.05, 3.63) is 23.3 Å². The maximum Gasteiger partial charge on any atom is 0.158 e. The molecule has 1 unspecified atom stereocenters. The number of carbonyl (C=O) groups excluding carboxylic acids is 2. The number of carbonyl (C=O) groups is 2. The maximum absolute atomic E-state index is 12.0. The first kappa shape index (κ1) is 18.8. The van der Waals surface area contributed by atoms with Crippen LogP contribution in [0.5, 0.6) is 0 Å². The lowest BCUT2D eigenvalue weighted by Crippen LogP contribution is -2.37. The molecule has 22 heavy (non-hydrogen) atoms. The molecule has 0 saturated carbocycles. The summed E-state index contributed by atoms with van der Waals surface area (Å²) < 4.78 is 0.